The minimum absolute atomic E-state index is 0.0852. The molecule has 2 aliphatic heterocycles. The highest BCUT2D eigenvalue weighted by Crippen LogP contribution is 2.52. The molecule has 0 aromatic heterocycles. The Hall–Kier alpha value is -2.17. The van der Waals surface area contributed by atoms with Crippen LogP contribution in [0.4, 0.5) is 0 Å². The van der Waals surface area contributed by atoms with E-state index in [1.807, 2.05) is 72.5 Å². The van der Waals surface area contributed by atoms with Crippen molar-refractivity contribution in [3.8, 4) is 0 Å². The van der Waals surface area contributed by atoms with E-state index in [4.69, 9.17) is 0 Å². The lowest BCUT2D eigenvalue weighted by Gasteiger charge is -2.55. The summed E-state index contributed by atoms with van der Waals surface area (Å²) in [5, 5.41) is 14.6. The number of rotatable bonds is 5. The fraction of sp³-hybridized carbons (Fsp3) is 0.381. The molecule has 0 radical (unpaired) electrons. The highest BCUT2D eigenvalue weighted by atomic mass is 16.3. The monoisotopic (exact) mass is 336 g/mol. The van der Waals surface area contributed by atoms with Crippen LogP contribution in [0.5, 0.6) is 0 Å². The molecule has 4 rings (SSSR count). The second-order valence-electron chi connectivity index (χ2n) is 7.10. The minimum atomic E-state index is -1.36. The van der Waals surface area contributed by atoms with Gasteiger partial charge in [-0.2, -0.15) is 0 Å². The van der Waals surface area contributed by atoms with Crippen molar-refractivity contribution in [3.05, 3.63) is 71.8 Å². The van der Waals surface area contributed by atoms with Crippen LogP contribution in [0.25, 0.3) is 0 Å². The molecular formula is C21H24N2O2. The van der Waals surface area contributed by atoms with Crippen molar-refractivity contribution in [1.29, 1.82) is 0 Å². The first-order valence-corrected chi connectivity index (χ1v) is 9.00. The lowest BCUT2D eigenvalue weighted by molar-refractivity contribution is -0.199. The first-order chi connectivity index (χ1) is 12.1. The normalized spacial score (nSPS) is 32.2. The van der Waals surface area contributed by atoms with E-state index in [1.54, 1.807) is 0 Å². The zero-order valence-corrected chi connectivity index (χ0v) is 14.6. The van der Waals surface area contributed by atoms with Crippen molar-refractivity contribution in [2.45, 2.75) is 50.0 Å². The smallest absolute Gasteiger partial charge is 0.259 e. The van der Waals surface area contributed by atoms with Gasteiger partial charge in [-0.25, -0.2) is 0 Å². The van der Waals surface area contributed by atoms with Gasteiger partial charge in [-0.3, -0.25) is 4.79 Å². The third kappa shape index (κ3) is 2.40. The molecule has 0 spiro atoms. The lowest BCUT2D eigenvalue weighted by atomic mass is 9.73. The van der Waals surface area contributed by atoms with Crippen molar-refractivity contribution in [1.82, 2.24) is 10.2 Å². The standard InChI is InChI=1S/C21H24N2O2/c1-3-17-18(22-17)21(25)19(16-12-8-5-9-13-16)23(20(21)24)14(2)15-10-6-4-7-11-15/h4-14,17-19,22,25H,3H2,1-2H3/t14-,17-,18+,19-,21-/m0/s1. The highest BCUT2D eigenvalue weighted by Gasteiger charge is 2.70. The van der Waals surface area contributed by atoms with Crippen molar-refractivity contribution in [3.63, 3.8) is 0 Å². The summed E-state index contributed by atoms with van der Waals surface area (Å²) in [5.41, 5.74) is 0.705. The quantitative estimate of drug-likeness (QED) is 0.652. The van der Waals surface area contributed by atoms with Gasteiger partial charge in [0.05, 0.1) is 18.1 Å². The zero-order valence-electron chi connectivity index (χ0n) is 14.6. The number of hydrogen-bond acceptors (Lipinski definition) is 3. The van der Waals surface area contributed by atoms with Crippen molar-refractivity contribution < 1.29 is 9.90 Å². The van der Waals surface area contributed by atoms with Gasteiger partial charge < -0.3 is 15.3 Å². The van der Waals surface area contributed by atoms with Crippen molar-refractivity contribution >= 4 is 5.91 Å². The van der Waals surface area contributed by atoms with Gasteiger partial charge in [0.2, 0.25) is 0 Å². The van der Waals surface area contributed by atoms with E-state index < -0.39 is 5.60 Å². The maximum Gasteiger partial charge on any atom is 0.259 e. The Bertz CT molecular complexity index is 764. The van der Waals surface area contributed by atoms with E-state index in [1.165, 1.54) is 0 Å². The second kappa shape index (κ2) is 5.97. The van der Waals surface area contributed by atoms with Crippen LogP contribution in [0.15, 0.2) is 60.7 Å². The molecule has 4 heteroatoms. The number of likely N-dealkylation sites (tertiary alicyclic amines) is 1. The molecule has 0 aliphatic carbocycles. The van der Waals surface area contributed by atoms with Gasteiger partial charge in [-0.15, -0.1) is 0 Å². The Balaban J connectivity index is 1.71. The number of β-lactam (4-membered cyclic amide) rings is 1. The molecule has 1 amide bonds. The molecule has 2 N–H and O–H groups in total. The molecule has 4 nitrogen and oxygen atoms in total. The number of benzene rings is 2. The third-order valence-electron chi connectivity index (χ3n) is 5.69. The number of nitrogens with one attached hydrogen (secondary N) is 1. The molecule has 130 valence electrons. The molecule has 25 heavy (non-hydrogen) atoms. The summed E-state index contributed by atoms with van der Waals surface area (Å²) in [6, 6.07) is 19.5. The van der Waals surface area contributed by atoms with Crippen LogP contribution < -0.4 is 5.32 Å². The summed E-state index contributed by atoms with van der Waals surface area (Å²) < 4.78 is 0. The molecule has 2 saturated heterocycles. The summed E-state index contributed by atoms with van der Waals surface area (Å²) in [6.45, 7) is 4.10. The van der Waals surface area contributed by atoms with Crippen LogP contribution in [0.2, 0.25) is 0 Å². The maximum atomic E-state index is 13.1. The number of nitrogens with zero attached hydrogens (tertiary/aromatic N) is 1. The molecule has 2 aliphatic rings. The van der Waals surface area contributed by atoms with Gasteiger partial charge in [0.1, 0.15) is 0 Å². The highest BCUT2D eigenvalue weighted by molar-refractivity contribution is 5.95. The first kappa shape index (κ1) is 16.3. The van der Waals surface area contributed by atoms with Gasteiger partial charge in [0, 0.05) is 6.04 Å². The fourth-order valence-electron chi connectivity index (χ4n) is 4.19. The molecule has 2 aromatic rings. The maximum absolute atomic E-state index is 13.1. The van der Waals surface area contributed by atoms with Crippen LogP contribution in [0.3, 0.4) is 0 Å². The van der Waals surface area contributed by atoms with E-state index in [0.29, 0.717) is 0 Å². The molecule has 2 heterocycles. The van der Waals surface area contributed by atoms with E-state index in [9.17, 15) is 9.90 Å². The summed E-state index contributed by atoms with van der Waals surface area (Å²) in [6.07, 6.45) is 0.913. The van der Waals surface area contributed by atoms with Gasteiger partial charge >= 0.3 is 0 Å². The lowest BCUT2D eigenvalue weighted by Crippen LogP contribution is -2.72. The van der Waals surface area contributed by atoms with Crippen LogP contribution in [-0.2, 0) is 4.79 Å². The Labute approximate surface area is 148 Å². The van der Waals surface area contributed by atoms with Crippen LogP contribution >= 0.6 is 0 Å². The SMILES string of the molecule is CC[C@@H]1N[C@H]1[C@@]1(O)C(=O)N([C@@H](C)c2ccccc2)[C@H]1c1ccccc1. The third-order valence-corrected chi connectivity index (χ3v) is 5.69. The summed E-state index contributed by atoms with van der Waals surface area (Å²) in [5.74, 6) is -0.175. The van der Waals surface area contributed by atoms with Gasteiger partial charge in [-0.05, 0) is 24.5 Å². The number of carbonyl (C=O) groups is 1. The first-order valence-electron chi connectivity index (χ1n) is 9.00. The van der Waals surface area contributed by atoms with Crippen molar-refractivity contribution in [2.24, 2.45) is 0 Å². The fourth-order valence-corrected chi connectivity index (χ4v) is 4.19. The largest absolute Gasteiger partial charge is 0.376 e. The van der Waals surface area contributed by atoms with Gasteiger partial charge in [0.15, 0.2) is 5.60 Å². The van der Waals surface area contributed by atoms with E-state index in [0.717, 1.165) is 17.5 Å². The predicted octanol–water partition coefficient (Wildman–Crippen LogP) is 2.81. The Kier molecular flexibility index (Phi) is 3.89. The molecule has 0 bridgehead atoms. The number of aliphatic hydroxyl groups is 1. The summed E-state index contributed by atoms with van der Waals surface area (Å²) >= 11 is 0. The minimum Gasteiger partial charge on any atom is -0.376 e. The number of amides is 1. The molecule has 5 atom stereocenters. The summed E-state index contributed by atoms with van der Waals surface area (Å²) in [7, 11) is 0. The summed E-state index contributed by atoms with van der Waals surface area (Å²) in [4.78, 5) is 14.9. The second-order valence-corrected chi connectivity index (χ2v) is 7.10. The molecule has 0 unspecified atom stereocenters. The van der Waals surface area contributed by atoms with E-state index >= 15 is 0 Å². The predicted molar refractivity (Wildman–Crippen MR) is 96.8 cm³/mol. The van der Waals surface area contributed by atoms with Gasteiger partial charge in [-0.1, -0.05) is 67.6 Å². The van der Waals surface area contributed by atoms with Crippen LogP contribution in [0, 0.1) is 0 Å². The topological polar surface area (TPSA) is 62.5 Å². The average molecular weight is 336 g/mol. The van der Waals surface area contributed by atoms with Crippen LogP contribution in [0.1, 0.15) is 43.5 Å². The van der Waals surface area contributed by atoms with E-state index in [-0.39, 0.29) is 30.1 Å². The Morgan fingerprint density at radius 3 is 2.28 bits per heavy atom. The molecular weight excluding hydrogens is 312 g/mol. The molecule has 2 aromatic carbocycles. The number of carbonyl (C=O) groups excluding carboxylic acids is 1. The molecule has 0 saturated carbocycles. The average Bonchev–Trinajstić information content (AvgIpc) is 3.46. The van der Waals surface area contributed by atoms with Crippen LogP contribution in [-0.4, -0.2) is 33.6 Å². The van der Waals surface area contributed by atoms with E-state index in [2.05, 4.69) is 12.2 Å². The Morgan fingerprint density at radius 2 is 1.72 bits per heavy atom. The molecule has 2 fully saturated rings. The zero-order chi connectivity index (χ0) is 17.6. The van der Waals surface area contributed by atoms with Crippen molar-refractivity contribution in [2.75, 3.05) is 0 Å². The number of hydrogen-bond donors (Lipinski definition) is 2. The Morgan fingerprint density at radius 1 is 1.12 bits per heavy atom. The van der Waals surface area contributed by atoms with Gasteiger partial charge in [0.25, 0.3) is 5.91 Å².